The first-order valence-corrected chi connectivity index (χ1v) is 15.7. The summed E-state index contributed by atoms with van der Waals surface area (Å²) < 4.78 is 6.83. The lowest BCUT2D eigenvalue weighted by atomic mass is 9.95. The van der Waals surface area contributed by atoms with E-state index in [2.05, 4.69) is 181 Å². The third-order valence-electron chi connectivity index (χ3n) is 9.01. The van der Waals surface area contributed by atoms with E-state index in [1.807, 2.05) is 0 Å². The van der Waals surface area contributed by atoms with Gasteiger partial charge in [0.2, 0.25) is 0 Å². The van der Waals surface area contributed by atoms with Crippen molar-refractivity contribution in [3.05, 3.63) is 176 Å². The van der Waals surface area contributed by atoms with Crippen LogP contribution in [0.25, 0.3) is 65.7 Å². The van der Waals surface area contributed by atoms with Gasteiger partial charge in [-0.05, 0) is 80.7 Å². The number of rotatable bonds is 5. The van der Waals surface area contributed by atoms with E-state index in [1.165, 1.54) is 32.7 Å². The Labute approximate surface area is 267 Å². The SMILES string of the molecule is c1ccc(-c2ccc(N(c3ccc4ccccc4c3)c3ccc4c(c3)oc3c(-c5ccccc5)c5ccccc5cc34)cc2)cc1. The molecule has 216 valence electrons. The molecule has 0 fully saturated rings. The van der Waals surface area contributed by atoms with E-state index in [1.54, 1.807) is 0 Å². The summed E-state index contributed by atoms with van der Waals surface area (Å²) in [5.74, 6) is 0. The van der Waals surface area contributed by atoms with Gasteiger partial charge in [0.25, 0.3) is 0 Å². The van der Waals surface area contributed by atoms with Crippen molar-refractivity contribution in [1.29, 1.82) is 0 Å². The van der Waals surface area contributed by atoms with Gasteiger partial charge in [-0.15, -0.1) is 0 Å². The van der Waals surface area contributed by atoms with Crippen LogP contribution in [0.1, 0.15) is 0 Å². The van der Waals surface area contributed by atoms with Gasteiger partial charge in [-0.3, -0.25) is 0 Å². The Morgan fingerprint density at radius 2 is 0.935 bits per heavy atom. The summed E-state index contributed by atoms with van der Waals surface area (Å²) in [5, 5.41) is 7.06. The number of anilines is 3. The van der Waals surface area contributed by atoms with Crippen LogP contribution in [0.15, 0.2) is 180 Å². The van der Waals surface area contributed by atoms with Crippen molar-refractivity contribution in [3.63, 3.8) is 0 Å². The Hall–Kier alpha value is -6.12. The Bertz CT molecular complexity index is 2510. The van der Waals surface area contributed by atoms with Gasteiger partial charge in [-0.2, -0.15) is 0 Å². The van der Waals surface area contributed by atoms with Crippen LogP contribution in [-0.4, -0.2) is 0 Å². The number of fused-ring (bicyclic) bond motifs is 5. The highest BCUT2D eigenvalue weighted by Crippen LogP contribution is 2.44. The zero-order valence-corrected chi connectivity index (χ0v) is 25.1. The molecule has 46 heavy (non-hydrogen) atoms. The molecule has 0 N–H and O–H groups in total. The Kier molecular flexibility index (Phi) is 6.17. The van der Waals surface area contributed by atoms with Crippen LogP contribution in [-0.2, 0) is 0 Å². The molecule has 8 aromatic carbocycles. The maximum Gasteiger partial charge on any atom is 0.143 e. The zero-order chi connectivity index (χ0) is 30.5. The molecule has 1 aromatic heterocycles. The fraction of sp³-hybridized carbons (Fsp3) is 0. The molecular formula is C44H29NO. The molecule has 1 heterocycles. The maximum absolute atomic E-state index is 6.83. The van der Waals surface area contributed by atoms with E-state index < -0.39 is 0 Å². The van der Waals surface area contributed by atoms with E-state index >= 15 is 0 Å². The van der Waals surface area contributed by atoms with Crippen LogP contribution in [0.3, 0.4) is 0 Å². The molecule has 2 heteroatoms. The van der Waals surface area contributed by atoms with Gasteiger partial charge in [0, 0.05) is 39.5 Å². The molecule has 0 aliphatic carbocycles. The molecule has 0 saturated heterocycles. The van der Waals surface area contributed by atoms with Gasteiger partial charge in [-0.1, -0.05) is 127 Å². The van der Waals surface area contributed by atoms with E-state index in [0.29, 0.717) is 0 Å². The standard InChI is InChI=1S/C44H29NO/c1-3-11-30(12-4-1)32-19-22-36(23-20-32)45(37-24-21-31-13-7-8-16-34(31)27-37)38-25-26-40-41-28-35-17-9-10-18-39(35)43(33-14-5-2-6-15-33)44(41)46-42(40)29-38/h1-29H. The maximum atomic E-state index is 6.83. The minimum absolute atomic E-state index is 0.867. The molecular weight excluding hydrogens is 558 g/mol. The van der Waals surface area contributed by atoms with Crippen molar-refractivity contribution in [2.75, 3.05) is 4.90 Å². The molecule has 0 saturated carbocycles. The third kappa shape index (κ3) is 4.43. The van der Waals surface area contributed by atoms with E-state index in [4.69, 9.17) is 4.42 Å². The molecule has 0 amide bonds. The predicted molar refractivity (Wildman–Crippen MR) is 194 cm³/mol. The minimum atomic E-state index is 0.867. The summed E-state index contributed by atoms with van der Waals surface area (Å²) in [5.41, 5.74) is 9.69. The fourth-order valence-corrected chi connectivity index (χ4v) is 6.79. The first kappa shape index (κ1) is 26.3. The van der Waals surface area contributed by atoms with Crippen LogP contribution in [0.4, 0.5) is 17.1 Å². The van der Waals surface area contributed by atoms with Crippen LogP contribution >= 0.6 is 0 Å². The largest absolute Gasteiger partial charge is 0.455 e. The van der Waals surface area contributed by atoms with Crippen molar-refractivity contribution < 1.29 is 4.42 Å². The number of nitrogens with zero attached hydrogens (tertiary/aromatic N) is 1. The minimum Gasteiger partial charge on any atom is -0.455 e. The first-order valence-electron chi connectivity index (χ1n) is 15.7. The number of benzene rings is 8. The highest BCUT2D eigenvalue weighted by atomic mass is 16.3. The summed E-state index contributed by atoms with van der Waals surface area (Å²) in [6, 6.07) is 62.6. The van der Waals surface area contributed by atoms with Gasteiger partial charge < -0.3 is 9.32 Å². The van der Waals surface area contributed by atoms with Crippen molar-refractivity contribution >= 4 is 60.5 Å². The Balaban J connectivity index is 1.25. The fourth-order valence-electron chi connectivity index (χ4n) is 6.79. The van der Waals surface area contributed by atoms with Crippen LogP contribution in [0.5, 0.6) is 0 Å². The topological polar surface area (TPSA) is 16.4 Å². The summed E-state index contributed by atoms with van der Waals surface area (Å²) in [4.78, 5) is 2.32. The number of hydrogen-bond acceptors (Lipinski definition) is 2. The Morgan fingerprint density at radius 3 is 1.72 bits per heavy atom. The number of hydrogen-bond donors (Lipinski definition) is 0. The second kappa shape index (κ2) is 10.8. The average Bonchev–Trinajstić information content (AvgIpc) is 3.49. The van der Waals surface area contributed by atoms with Crippen molar-refractivity contribution in [3.8, 4) is 22.3 Å². The summed E-state index contributed by atoms with van der Waals surface area (Å²) in [6.45, 7) is 0. The normalized spacial score (nSPS) is 11.5. The summed E-state index contributed by atoms with van der Waals surface area (Å²) in [7, 11) is 0. The van der Waals surface area contributed by atoms with Crippen molar-refractivity contribution in [1.82, 2.24) is 0 Å². The van der Waals surface area contributed by atoms with Gasteiger partial charge >= 0.3 is 0 Å². The molecule has 9 aromatic rings. The highest BCUT2D eigenvalue weighted by molar-refractivity contribution is 6.18. The molecule has 2 nitrogen and oxygen atoms in total. The van der Waals surface area contributed by atoms with Crippen LogP contribution < -0.4 is 4.90 Å². The summed E-state index contributed by atoms with van der Waals surface area (Å²) >= 11 is 0. The van der Waals surface area contributed by atoms with Crippen LogP contribution in [0, 0.1) is 0 Å². The second-order valence-corrected chi connectivity index (χ2v) is 11.8. The average molecular weight is 588 g/mol. The molecule has 0 radical (unpaired) electrons. The lowest BCUT2D eigenvalue weighted by Crippen LogP contribution is -2.09. The monoisotopic (exact) mass is 587 g/mol. The Morgan fingerprint density at radius 1 is 0.348 bits per heavy atom. The van der Waals surface area contributed by atoms with Gasteiger partial charge in [0.1, 0.15) is 11.2 Å². The first-order chi connectivity index (χ1) is 22.8. The molecule has 9 rings (SSSR count). The van der Waals surface area contributed by atoms with Crippen LogP contribution in [0.2, 0.25) is 0 Å². The van der Waals surface area contributed by atoms with E-state index in [0.717, 1.165) is 50.1 Å². The van der Waals surface area contributed by atoms with Gasteiger partial charge in [-0.25, -0.2) is 0 Å². The molecule has 0 aliphatic rings. The van der Waals surface area contributed by atoms with E-state index in [9.17, 15) is 0 Å². The lowest BCUT2D eigenvalue weighted by molar-refractivity contribution is 0.670. The van der Waals surface area contributed by atoms with Gasteiger partial charge in [0.05, 0.1) is 0 Å². The quantitative estimate of drug-likeness (QED) is 0.199. The predicted octanol–water partition coefficient (Wildman–Crippen LogP) is 12.7. The lowest BCUT2D eigenvalue weighted by Gasteiger charge is -2.26. The molecule has 0 atom stereocenters. The number of furan rings is 1. The third-order valence-corrected chi connectivity index (χ3v) is 9.01. The smallest absolute Gasteiger partial charge is 0.143 e. The zero-order valence-electron chi connectivity index (χ0n) is 25.1. The molecule has 0 aliphatic heterocycles. The van der Waals surface area contributed by atoms with Gasteiger partial charge in [0.15, 0.2) is 0 Å². The van der Waals surface area contributed by atoms with Crippen molar-refractivity contribution in [2.24, 2.45) is 0 Å². The second-order valence-electron chi connectivity index (χ2n) is 11.8. The molecule has 0 unspecified atom stereocenters. The van der Waals surface area contributed by atoms with Crippen molar-refractivity contribution in [2.45, 2.75) is 0 Å². The summed E-state index contributed by atoms with van der Waals surface area (Å²) in [6.07, 6.45) is 0. The molecule has 0 spiro atoms. The molecule has 0 bridgehead atoms. The van der Waals surface area contributed by atoms with E-state index in [-0.39, 0.29) is 0 Å². The highest BCUT2D eigenvalue weighted by Gasteiger charge is 2.19.